The molecule has 1 aromatic heterocycles. The molecule has 1 aliphatic heterocycles. The predicted octanol–water partition coefficient (Wildman–Crippen LogP) is 4.99. The van der Waals surface area contributed by atoms with E-state index in [9.17, 15) is 0 Å². The fourth-order valence-electron chi connectivity index (χ4n) is 4.46. The fraction of sp³-hybridized carbons (Fsp3) is 0.333. The van der Waals surface area contributed by atoms with Crippen molar-refractivity contribution in [1.82, 2.24) is 15.3 Å². The molecule has 0 radical (unpaired) electrons. The zero-order valence-electron chi connectivity index (χ0n) is 16.9. The van der Waals surface area contributed by atoms with Crippen LogP contribution in [0.4, 0.5) is 5.95 Å². The largest absolute Gasteiger partial charge is 0.350 e. The molecule has 1 aliphatic carbocycles. The molecule has 1 spiro atoms. The van der Waals surface area contributed by atoms with E-state index in [2.05, 4.69) is 53.0 Å². The van der Waals surface area contributed by atoms with Crippen molar-refractivity contribution in [2.75, 3.05) is 25.0 Å². The van der Waals surface area contributed by atoms with Crippen LogP contribution in [0.1, 0.15) is 30.9 Å². The summed E-state index contributed by atoms with van der Waals surface area (Å²) >= 11 is 6.15. The van der Waals surface area contributed by atoms with E-state index in [-0.39, 0.29) is 5.41 Å². The highest BCUT2D eigenvalue weighted by Crippen LogP contribution is 2.46. The summed E-state index contributed by atoms with van der Waals surface area (Å²) in [6.45, 7) is 12.4. The third-order valence-corrected chi connectivity index (χ3v) is 6.67. The van der Waals surface area contributed by atoms with E-state index in [4.69, 9.17) is 16.6 Å². The molecule has 2 aromatic rings. The Labute approximate surface area is 177 Å². The first-order valence-electron chi connectivity index (χ1n) is 10.1. The lowest BCUT2D eigenvalue weighted by atomic mass is 9.64. The second kappa shape index (κ2) is 8.13. The van der Waals surface area contributed by atoms with Crippen LogP contribution in [0, 0.1) is 0 Å². The molecule has 0 amide bonds. The van der Waals surface area contributed by atoms with E-state index in [1.54, 1.807) is 6.08 Å². The van der Waals surface area contributed by atoms with Crippen LogP contribution < -0.4 is 10.6 Å². The molecule has 2 aliphatic rings. The van der Waals surface area contributed by atoms with Crippen molar-refractivity contribution in [3.8, 4) is 11.3 Å². The second-order valence-corrected chi connectivity index (χ2v) is 8.36. The number of aromatic nitrogens is 2. The molecule has 0 atom stereocenters. The molecular weight excluding hydrogens is 380 g/mol. The van der Waals surface area contributed by atoms with Crippen molar-refractivity contribution >= 4 is 17.5 Å². The molecule has 0 unspecified atom stereocenters. The number of hydrogen-bond acceptors (Lipinski definition) is 4. The number of piperidine rings is 1. The Kier molecular flexibility index (Phi) is 5.57. The van der Waals surface area contributed by atoms with Crippen molar-refractivity contribution in [3.05, 3.63) is 77.0 Å². The van der Waals surface area contributed by atoms with Gasteiger partial charge >= 0.3 is 0 Å². The first-order chi connectivity index (χ1) is 14.0. The van der Waals surface area contributed by atoms with Gasteiger partial charge in [0, 0.05) is 28.8 Å². The maximum Gasteiger partial charge on any atom is 0.223 e. The Morgan fingerprint density at radius 2 is 2.07 bits per heavy atom. The molecule has 0 saturated carbocycles. The van der Waals surface area contributed by atoms with Crippen molar-refractivity contribution < 1.29 is 0 Å². The quantitative estimate of drug-likeness (QED) is 0.687. The molecule has 1 aromatic carbocycles. The topological polar surface area (TPSA) is 49.8 Å². The summed E-state index contributed by atoms with van der Waals surface area (Å²) in [6, 6.07) is 8.73. The van der Waals surface area contributed by atoms with Gasteiger partial charge in [-0.15, -0.1) is 0 Å². The molecule has 29 heavy (non-hydrogen) atoms. The van der Waals surface area contributed by atoms with Gasteiger partial charge in [-0.3, -0.25) is 0 Å². The summed E-state index contributed by atoms with van der Waals surface area (Å²) < 4.78 is 0. The first kappa shape index (κ1) is 19.9. The van der Waals surface area contributed by atoms with Crippen LogP contribution in [-0.4, -0.2) is 29.6 Å². The van der Waals surface area contributed by atoms with Gasteiger partial charge in [-0.1, -0.05) is 55.1 Å². The Bertz CT molecular complexity index is 986. The van der Waals surface area contributed by atoms with Crippen molar-refractivity contribution in [2.24, 2.45) is 0 Å². The van der Waals surface area contributed by atoms with Crippen LogP contribution in [0.15, 0.2) is 65.9 Å². The summed E-state index contributed by atoms with van der Waals surface area (Å²) in [5, 5.41) is 7.41. The van der Waals surface area contributed by atoms with Crippen molar-refractivity contribution in [3.63, 3.8) is 0 Å². The molecule has 2 N–H and O–H groups in total. The number of anilines is 1. The van der Waals surface area contributed by atoms with Crippen LogP contribution in [0.3, 0.4) is 0 Å². The number of nitrogens with one attached hydrogen (secondary N) is 2. The number of nitrogens with zero attached hydrogens (tertiary/aromatic N) is 2. The highest BCUT2D eigenvalue weighted by molar-refractivity contribution is 6.31. The van der Waals surface area contributed by atoms with Crippen LogP contribution in [0.5, 0.6) is 0 Å². The van der Waals surface area contributed by atoms with Gasteiger partial charge in [-0.05, 0) is 61.5 Å². The minimum absolute atomic E-state index is 0.199. The van der Waals surface area contributed by atoms with Gasteiger partial charge < -0.3 is 10.6 Å². The fourth-order valence-corrected chi connectivity index (χ4v) is 4.59. The van der Waals surface area contributed by atoms with Crippen molar-refractivity contribution in [1.29, 1.82) is 0 Å². The Balaban J connectivity index is 1.62. The standard InChI is InChI=1S/C24H27ClN4/c1-4-21(25)17(3)16(2)14-27-23-28-15-18-13-24(9-11-26-12-10-24)20-8-6-5-7-19(20)22(18)29-23/h4-8,15,26H,1-2,9-14H2,3H3,(H,27,28,29)/b21-17+. The minimum atomic E-state index is 0.199. The van der Waals surface area contributed by atoms with Gasteiger partial charge in [0.05, 0.1) is 5.69 Å². The van der Waals surface area contributed by atoms with Gasteiger partial charge in [0.25, 0.3) is 0 Å². The van der Waals surface area contributed by atoms with Crippen LogP contribution in [0.25, 0.3) is 11.3 Å². The second-order valence-electron chi connectivity index (χ2n) is 7.95. The molecule has 1 fully saturated rings. The van der Waals surface area contributed by atoms with E-state index in [0.29, 0.717) is 17.5 Å². The van der Waals surface area contributed by atoms with Gasteiger partial charge in [0.2, 0.25) is 5.95 Å². The third-order valence-electron chi connectivity index (χ3n) is 6.24. The average molecular weight is 407 g/mol. The zero-order valence-corrected chi connectivity index (χ0v) is 17.6. The number of rotatable bonds is 5. The van der Waals surface area contributed by atoms with E-state index in [1.165, 1.54) is 16.7 Å². The number of benzene rings is 1. The molecular formula is C24H27ClN4. The van der Waals surface area contributed by atoms with E-state index in [0.717, 1.165) is 49.2 Å². The van der Waals surface area contributed by atoms with Gasteiger partial charge in [0.1, 0.15) is 0 Å². The van der Waals surface area contributed by atoms with Crippen molar-refractivity contribution in [2.45, 2.75) is 31.6 Å². The van der Waals surface area contributed by atoms with Crippen LogP contribution in [0.2, 0.25) is 0 Å². The molecule has 0 bridgehead atoms. The lowest BCUT2D eigenvalue weighted by molar-refractivity contribution is 0.302. The summed E-state index contributed by atoms with van der Waals surface area (Å²) in [6.07, 6.45) is 6.93. The summed E-state index contributed by atoms with van der Waals surface area (Å²) in [5.74, 6) is 0.614. The number of hydrogen-bond donors (Lipinski definition) is 2. The van der Waals surface area contributed by atoms with Gasteiger partial charge in [0.15, 0.2) is 0 Å². The molecule has 1 saturated heterocycles. The Morgan fingerprint density at radius 3 is 2.83 bits per heavy atom. The SMILES string of the molecule is C=C/C(Cl)=C(/C)C(=C)CNc1ncc2c(n1)-c1ccccc1C1(CCNCC1)C2. The first-order valence-corrected chi connectivity index (χ1v) is 10.5. The van der Waals surface area contributed by atoms with E-state index in [1.807, 2.05) is 13.1 Å². The Morgan fingerprint density at radius 1 is 1.31 bits per heavy atom. The lowest BCUT2D eigenvalue weighted by Crippen LogP contribution is -2.43. The minimum Gasteiger partial charge on any atom is -0.350 e. The molecule has 2 heterocycles. The van der Waals surface area contributed by atoms with E-state index >= 15 is 0 Å². The molecule has 4 nitrogen and oxygen atoms in total. The number of allylic oxidation sites excluding steroid dienone is 2. The maximum absolute atomic E-state index is 6.15. The summed E-state index contributed by atoms with van der Waals surface area (Å²) in [5.41, 5.74) is 6.97. The normalized spacial score (nSPS) is 17.7. The average Bonchev–Trinajstić information content (AvgIpc) is 2.77. The maximum atomic E-state index is 6.15. The highest BCUT2D eigenvalue weighted by Gasteiger charge is 2.40. The molecule has 5 heteroatoms. The third kappa shape index (κ3) is 3.75. The number of halogens is 1. The van der Waals surface area contributed by atoms with Gasteiger partial charge in [-0.25, -0.2) is 9.97 Å². The number of fused-ring (bicyclic) bond motifs is 4. The zero-order chi connectivity index (χ0) is 20.4. The summed E-state index contributed by atoms with van der Waals surface area (Å²) in [4.78, 5) is 9.47. The lowest BCUT2D eigenvalue weighted by Gasteiger charge is -2.42. The predicted molar refractivity (Wildman–Crippen MR) is 121 cm³/mol. The Hall–Kier alpha value is -2.43. The molecule has 150 valence electrons. The smallest absolute Gasteiger partial charge is 0.223 e. The highest BCUT2D eigenvalue weighted by atomic mass is 35.5. The molecule has 4 rings (SSSR count). The monoisotopic (exact) mass is 406 g/mol. The van der Waals surface area contributed by atoms with Gasteiger partial charge in [-0.2, -0.15) is 0 Å². The van der Waals surface area contributed by atoms with E-state index < -0.39 is 0 Å². The van der Waals surface area contributed by atoms with Crippen LogP contribution >= 0.6 is 11.6 Å². The summed E-state index contributed by atoms with van der Waals surface area (Å²) in [7, 11) is 0. The van der Waals surface area contributed by atoms with Crippen LogP contribution in [-0.2, 0) is 11.8 Å².